The van der Waals surface area contributed by atoms with Crippen molar-refractivity contribution >= 4 is 23.4 Å². The highest BCUT2D eigenvalue weighted by atomic mass is 32.2. The van der Waals surface area contributed by atoms with E-state index in [1.165, 1.54) is 31.0 Å². The summed E-state index contributed by atoms with van der Waals surface area (Å²) in [6.07, 6.45) is 0. The van der Waals surface area contributed by atoms with E-state index < -0.39 is 11.8 Å². The number of nitrogen functional groups attached to an aromatic ring is 1. The SMILES string of the molecule is CCN(CC)CCSc1cc(C(=O)OC)c(N)cc1F. The predicted octanol–water partition coefficient (Wildman–Crippen LogP) is 2.63. The summed E-state index contributed by atoms with van der Waals surface area (Å²) in [5.74, 6) is -0.198. The van der Waals surface area contributed by atoms with Gasteiger partial charge in [-0.25, -0.2) is 9.18 Å². The van der Waals surface area contributed by atoms with Gasteiger partial charge in [0.25, 0.3) is 0 Å². The number of carbonyl (C=O) groups excluding carboxylic acids is 1. The number of hydrogen-bond donors (Lipinski definition) is 1. The number of ether oxygens (including phenoxy) is 1. The molecule has 0 aliphatic carbocycles. The van der Waals surface area contributed by atoms with E-state index in [4.69, 9.17) is 5.73 Å². The molecule has 0 amide bonds. The fourth-order valence-electron chi connectivity index (χ4n) is 1.79. The van der Waals surface area contributed by atoms with Gasteiger partial charge in [-0.15, -0.1) is 11.8 Å². The van der Waals surface area contributed by atoms with Crippen LogP contribution >= 0.6 is 11.8 Å². The first-order chi connectivity index (χ1) is 9.53. The minimum absolute atomic E-state index is 0.0995. The van der Waals surface area contributed by atoms with Gasteiger partial charge in [0.15, 0.2) is 0 Å². The Kier molecular flexibility index (Phi) is 6.81. The summed E-state index contributed by atoms with van der Waals surface area (Å²) in [6, 6.07) is 2.63. The Balaban J connectivity index is 2.77. The van der Waals surface area contributed by atoms with Gasteiger partial charge >= 0.3 is 5.97 Å². The van der Waals surface area contributed by atoms with Gasteiger partial charge < -0.3 is 15.4 Å². The van der Waals surface area contributed by atoms with Crippen LogP contribution in [0.4, 0.5) is 10.1 Å². The second-order valence-corrected chi connectivity index (χ2v) is 5.37. The Morgan fingerprint density at radius 1 is 1.40 bits per heavy atom. The van der Waals surface area contributed by atoms with E-state index in [-0.39, 0.29) is 11.3 Å². The Morgan fingerprint density at radius 3 is 2.60 bits per heavy atom. The highest BCUT2D eigenvalue weighted by molar-refractivity contribution is 7.99. The fourth-order valence-corrected chi connectivity index (χ4v) is 2.76. The summed E-state index contributed by atoms with van der Waals surface area (Å²) in [5.41, 5.74) is 5.94. The molecule has 0 aromatic heterocycles. The molecule has 0 aliphatic rings. The zero-order valence-electron chi connectivity index (χ0n) is 12.1. The summed E-state index contributed by atoms with van der Waals surface area (Å²) in [4.78, 5) is 14.2. The van der Waals surface area contributed by atoms with Crippen LogP contribution in [0.2, 0.25) is 0 Å². The van der Waals surface area contributed by atoms with Gasteiger partial charge in [0.05, 0.1) is 12.7 Å². The van der Waals surface area contributed by atoms with Crippen LogP contribution in [0.15, 0.2) is 17.0 Å². The first-order valence-electron chi connectivity index (χ1n) is 6.55. The molecule has 1 aromatic rings. The predicted molar refractivity (Wildman–Crippen MR) is 80.7 cm³/mol. The minimum atomic E-state index is -0.548. The van der Waals surface area contributed by atoms with E-state index in [1.807, 2.05) is 0 Å². The third kappa shape index (κ3) is 4.38. The maximum Gasteiger partial charge on any atom is 0.339 e. The van der Waals surface area contributed by atoms with Crippen molar-refractivity contribution in [3.63, 3.8) is 0 Å². The molecule has 0 saturated heterocycles. The molecule has 0 bridgehead atoms. The number of nitrogens with two attached hydrogens (primary N) is 1. The summed E-state index contributed by atoms with van der Waals surface area (Å²) < 4.78 is 18.5. The number of carbonyl (C=O) groups is 1. The van der Waals surface area contributed by atoms with Crippen molar-refractivity contribution in [2.45, 2.75) is 18.7 Å². The quantitative estimate of drug-likeness (QED) is 0.476. The summed E-state index contributed by atoms with van der Waals surface area (Å²) >= 11 is 1.38. The average Bonchev–Trinajstić information content (AvgIpc) is 2.44. The van der Waals surface area contributed by atoms with Crippen molar-refractivity contribution in [2.24, 2.45) is 0 Å². The maximum atomic E-state index is 13.8. The molecule has 1 rings (SSSR count). The van der Waals surface area contributed by atoms with E-state index in [2.05, 4.69) is 23.5 Å². The second kappa shape index (κ2) is 8.11. The molecule has 0 aliphatic heterocycles. The largest absolute Gasteiger partial charge is 0.465 e. The normalized spacial score (nSPS) is 10.8. The zero-order valence-corrected chi connectivity index (χ0v) is 12.9. The second-order valence-electron chi connectivity index (χ2n) is 4.24. The van der Waals surface area contributed by atoms with Crippen molar-refractivity contribution in [3.8, 4) is 0 Å². The molecule has 2 N–H and O–H groups in total. The molecular weight excluding hydrogens is 279 g/mol. The molecule has 6 heteroatoms. The number of halogens is 1. The molecule has 112 valence electrons. The molecule has 0 atom stereocenters. The van der Waals surface area contributed by atoms with Gasteiger partial charge in [-0.05, 0) is 25.2 Å². The van der Waals surface area contributed by atoms with Crippen molar-refractivity contribution in [1.82, 2.24) is 4.90 Å². The van der Waals surface area contributed by atoms with E-state index in [0.29, 0.717) is 4.90 Å². The van der Waals surface area contributed by atoms with Crippen LogP contribution in [-0.4, -0.2) is 43.4 Å². The Labute approximate surface area is 123 Å². The number of rotatable bonds is 7. The van der Waals surface area contributed by atoms with Crippen LogP contribution in [0.5, 0.6) is 0 Å². The molecule has 0 fully saturated rings. The molecular formula is C14H21FN2O2S. The molecule has 0 radical (unpaired) electrons. The summed E-state index contributed by atoms with van der Waals surface area (Å²) in [5, 5.41) is 0. The molecule has 0 unspecified atom stereocenters. The lowest BCUT2D eigenvalue weighted by atomic mass is 10.2. The third-order valence-electron chi connectivity index (χ3n) is 3.07. The van der Waals surface area contributed by atoms with Gasteiger partial charge in [0.1, 0.15) is 5.82 Å². The lowest BCUT2D eigenvalue weighted by molar-refractivity contribution is 0.0601. The van der Waals surface area contributed by atoms with Gasteiger partial charge in [-0.3, -0.25) is 0 Å². The number of hydrogen-bond acceptors (Lipinski definition) is 5. The fraction of sp³-hybridized carbons (Fsp3) is 0.500. The first-order valence-corrected chi connectivity index (χ1v) is 7.54. The molecule has 4 nitrogen and oxygen atoms in total. The lowest BCUT2D eigenvalue weighted by Gasteiger charge is -2.17. The van der Waals surface area contributed by atoms with Gasteiger partial charge in [-0.1, -0.05) is 13.8 Å². The zero-order chi connectivity index (χ0) is 15.1. The number of anilines is 1. The molecule has 20 heavy (non-hydrogen) atoms. The van der Waals surface area contributed by atoms with Crippen molar-refractivity contribution in [1.29, 1.82) is 0 Å². The number of methoxy groups -OCH3 is 1. The van der Waals surface area contributed by atoms with Crippen molar-refractivity contribution in [2.75, 3.05) is 38.2 Å². The van der Waals surface area contributed by atoms with Crippen LogP contribution in [0.3, 0.4) is 0 Å². The van der Waals surface area contributed by atoms with Crippen molar-refractivity contribution < 1.29 is 13.9 Å². The summed E-state index contributed by atoms with van der Waals surface area (Å²) in [7, 11) is 1.28. The number of nitrogens with zero attached hydrogens (tertiary/aromatic N) is 1. The Hall–Kier alpha value is -1.27. The van der Waals surface area contributed by atoms with Crippen LogP contribution in [0.25, 0.3) is 0 Å². The topological polar surface area (TPSA) is 55.6 Å². The van der Waals surface area contributed by atoms with E-state index in [1.54, 1.807) is 0 Å². The number of benzene rings is 1. The molecule has 0 heterocycles. The van der Waals surface area contributed by atoms with Crippen LogP contribution in [-0.2, 0) is 4.74 Å². The van der Waals surface area contributed by atoms with Crippen LogP contribution < -0.4 is 5.73 Å². The van der Waals surface area contributed by atoms with Gasteiger partial charge in [0, 0.05) is 22.9 Å². The Bertz CT molecular complexity index is 465. The van der Waals surface area contributed by atoms with Gasteiger partial charge in [0.2, 0.25) is 0 Å². The number of thioether (sulfide) groups is 1. The third-order valence-corrected chi connectivity index (χ3v) is 4.08. The molecule has 0 spiro atoms. The van der Waals surface area contributed by atoms with Crippen molar-refractivity contribution in [3.05, 3.63) is 23.5 Å². The highest BCUT2D eigenvalue weighted by Gasteiger charge is 2.15. The average molecular weight is 300 g/mol. The highest BCUT2D eigenvalue weighted by Crippen LogP contribution is 2.27. The van der Waals surface area contributed by atoms with Gasteiger partial charge in [-0.2, -0.15) is 0 Å². The first kappa shape index (κ1) is 16.8. The standard InChI is InChI=1S/C14H21FN2O2S/c1-4-17(5-2)6-7-20-13-8-10(14(18)19-3)12(16)9-11(13)15/h8-9H,4-7,16H2,1-3H3. The smallest absolute Gasteiger partial charge is 0.339 e. The Morgan fingerprint density at radius 2 is 2.05 bits per heavy atom. The molecule has 1 aromatic carbocycles. The van der Waals surface area contributed by atoms with E-state index in [9.17, 15) is 9.18 Å². The maximum absolute atomic E-state index is 13.8. The van der Waals surface area contributed by atoms with Crippen LogP contribution in [0.1, 0.15) is 24.2 Å². The lowest BCUT2D eigenvalue weighted by Crippen LogP contribution is -2.25. The van der Waals surface area contributed by atoms with Crippen LogP contribution in [0, 0.1) is 5.82 Å². The minimum Gasteiger partial charge on any atom is -0.465 e. The number of esters is 1. The summed E-state index contributed by atoms with van der Waals surface area (Å²) in [6.45, 7) is 6.99. The van der Waals surface area contributed by atoms with E-state index >= 15 is 0 Å². The monoisotopic (exact) mass is 300 g/mol. The van der Waals surface area contributed by atoms with E-state index in [0.717, 1.165) is 25.4 Å². The molecule has 0 saturated carbocycles.